The minimum atomic E-state index is -0.0153. The Morgan fingerprint density at radius 2 is 2.41 bits per heavy atom. The van der Waals surface area contributed by atoms with E-state index in [0.29, 0.717) is 25.6 Å². The van der Waals surface area contributed by atoms with Gasteiger partial charge in [-0.2, -0.15) is 0 Å². The normalized spacial score (nSPS) is 20.4. The maximum atomic E-state index is 12.3. The number of nitrogens with zero attached hydrogens (tertiary/aromatic N) is 1. The van der Waals surface area contributed by atoms with Gasteiger partial charge in [-0.25, -0.2) is 0 Å². The Hall–Kier alpha value is -1.06. The largest absolute Gasteiger partial charge is 0.377 e. The molecule has 1 aliphatic heterocycles. The summed E-state index contributed by atoms with van der Waals surface area (Å²) in [5.74, 6) is 0.458. The van der Waals surface area contributed by atoms with Gasteiger partial charge in [-0.1, -0.05) is 17.7 Å². The van der Waals surface area contributed by atoms with Gasteiger partial charge in [-0.05, 0) is 19.1 Å². The van der Waals surface area contributed by atoms with Gasteiger partial charge in [-0.15, -0.1) is 11.6 Å². The van der Waals surface area contributed by atoms with E-state index < -0.39 is 0 Å². The molecular formula is C13H16ClNO2. The van der Waals surface area contributed by atoms with E-state index in [-0.39, 0.29) is 11.9 Å². The van der Waals surface area contributed by atoms with Crippen LogP contribution in [0.15, 0.2) is 24.3 Å². The number of benzene rings is 1. The first-order chi connectivity index (χ1) is 8.22. The van der Waals surface area contributed by atoms with Crippen molar-refractivity contribution in [1.82, 2.24) is 4.90 Å². The van der Waals surface area contributed by atoms with Gasteiger partial charge in [0.2, 0.25) is 0 Å². The van der Waals surface area contributed by atoms with Crippen LogP contribution in [0, 0.1) is 6.92 Å². The molecule has 17 heavy (non-hydrogen) atoms. The van der Waals surface area contributed by atoms with Crippen LogP contribution in [-0.4, -0.2) is 42.5 Å². The van der Waals surface area contributed by atoms with Crippen LogP contribution in [0.1, 0.15) is 15.9 Å². The molecule has 1 aliphatic rings. The van der Waals surface area contributed by atoms with Crippen molar-refractivity contribution in [1.29, 1.82) is 0 Å². The first kappa shape index (κ1) is 12.4. The number of amides is 1. The fourth-order valence-electron chi connectivity index (χ4n) is 1.99. The number of alkyl halides is 1. The van der Waals surface area contributed by atoms with Crippen molar-refractivity contribution in [3.8, 4) is 0 Å². The third kappa shape index (κ3) is 2.79. The Balaban J connectivity index is 2.18. The average molecular weight is 254 g/mol. The van der Waals surface area contributed by atoms with Crippen LogP contribution < -0.4 is 0 Å². The molecule has 2 rings (SSSR count). The Bertz CT molecular complexity index is 408. The molecule has 4 heteroatoms. The first-order valence-corrected chi connectivity index (χ1v) is 6.27. The molecule has 1 heterocycles. The molecule has 0 radical (unpaired) electrons. The summed E-state index contributed by atoms with van der Waals surface area (Å²) in [7, 11) is 0. The van der Waals surface area contributed by atoms with Crippen molar-refractivity contribution >= 4 is 17.5 Å². The molecule has 0 aromatic heterocycles. The lowest BCUT2D eigenvalue weighted by Gasteiger charge is -2.34. The molecule has 0 saturated carbocycles. The molecule has 3 nitrogen and oxygen atoms in total. The minimum Gasteiger partial charge on any atom is -0.377 e. The lowest BCUT2D eigenvalue weighted by Crippen LogP contribution is -2.49. The highest BCUT2D eigenvalue weighted by Crippen LogP contribution is 2.14. The molecule has 1 aromatic carbocycles. The van der Waals surface area contributed by atoms with E-state index in [1.54, 1.807) is 0 Å². The molecule has 1 saturated heterocycles. The van der Waals surface area contributed by atoms with Crippen LogP contribution in [0.25, 0.3) is 0 Å². The van der Waals surface area contributed by atoms with Gasteiger partial charge in [0.25, 0.3) is 5.91 Å². The van der Waals surface area contributed by atoms with Crippen LogP contribution in [0.5, 0.6) is 0 Å². The second-order valence-electron chi connectivity index (χ2n) is 4.25. The van der Waals surface area contributed by atoms with Gasteiger partial charge in [0, 0.05) is 18.0 Å². The summed E-state index contributed by atoms with van der Waals surface area (Å²) in [5, 5.41) is 0. The van der Waals surface area contributed by atoms with Crippen LogP contribution in [0.2, 0.25) is 0 Å². The van der Waals surface area contributed by atoms with Crippen molar-refractivity contribution in [2.75, 3.05) is 25.6 Å². The van der Waals surface area contributed by atoms with E-state index in [0.717, 1.165) is 11.1 Å². The van der Waals surface area contributed by atoms with Crippen LogP contribution in [0.3, 0.4) is 0 Å². The third-order valence-corrected chi connectivity index (χ3v) is 3.29. The van der Waals surface area contributed by atoms with E-state index in [2.05, 4.69) is 0 Å². The Morgan fingerprint density at radius 3 is 3.12 bits per heavy atom. The Labute approximate surface area is 106 Å². The summed E-state index contributed by atoms with van der Waals surface area (Å²) in [6.07, 6.45) is 0. The summed E-state index contributed by atoms with van der Waals surface area (Å²) >= 11 is 5.86. The van der Waals surface area contributed by atoms with Crippen molar-refractivity contribution < 1.29 is 9.53 Å². The monoisotopic (exact) mass is 253 g/mol. The topological polar surface area (TPSA) is 29.5 Å². The van der Waals surface area contributed by atoms with Crippen LogP contribution in [-0.2, 0) is 4.74 Å². The predicted molar refractivity (Wildman–Crippen MR) is 67.5 cm³/mol. The first-order valence-electron chi connectivity index (χ1n) is 5.73. The van der Waals surface area contributed by atoms with Crippen LogP contribution in [0.4, 0.5) is 0 Å². The lowest BCUT2D eigenvalue weighted by molar-refractivity contribution is 0.00456. The maximum absolute atomic E-state index is 12.3. The third-order valence-electron chi connectivity index (χ3n) is 2.93. The van der Waals surface area contributed by atoms with E-state index in [1.165, 1.54) is 0 Å². The summed E-state index contributed by atoms with van der Waals surface area (Å²) in [5.41, 5.74) is 1.81. The van der Waals surface area contributed by atoms with Crippen LogP contribution >= 0.6 is 11.6 Å². The fourth-order valence-corrected chi connectivity index (χ4v) is 2.25. The zero-order valence-electron chi connectivity index (χ0n) is 9.86. The highest BCUT2D eigenvalue weighted by molar-refractivity contribution is 6.18. The van der Waals surface area contributed by atoms with Crippen molar-refractivity contribution in [3.05, 3.63) is 35.4 Å². The lowest BCUT2D eigenvalue weighted by atomic mass is 10.1. The number of halogens is 1. The summed E-state index contributed by atoms with van der Waals surface area (Å²) in [6.45, 7) is 3.71. The molecule has 1 amide bonds. The number of carbonyl (C=O) groups excluding carboxylic acids is 1. The number of ether oxygens (including phenoxy) is 1. The average Bonchev–Trinajstić information content (AvgIpc) is 2.38. The second-order valence-corrected chi connectivity index (χ2v) is 4.56. The standard InChI is InChI=1S/C13H16ClNO2/c1-10-3-2-4-11(7-10)13(16)15-5-6-17-9-12(15)8-14/h2-4,7,12H,5-6,8-9H2,1H3. The molecule has 92 valence electrons. The molecule has 0 N–H and O–H groups in total. The molecule has 0 spiro atoms. The van der Waals surface area contributed by atoms with Gasteiger partial charge >= 0.3 is 0 Å². The fraction of sp³-hybridized carbons (Fsp3) is 0.462. The number of carbonyl (C=O) groups is 1. The summed E-state index contributed by atoms with van der Waals surface area (Å²) in [4.78, 5) is 14.1. The highest BCUT2D eigenvalue weighted by Gasteiger charge is 2.27. The van der Waals surface area contributed by atoms with E-state index >= 15 is 0 Å². The van der Waals surface area contributed by atoms with Gasteiger partial charge in [0.05, 0.1) is 19.3 Å². The molecule has 0 bridgehead atoms. The second kappa shape index (κ2) is 5.52. The van der Waals surface area contributed by atoms with Gasteiger partial charge in [0.15, 0.2) is 0 Å². The Morgan fingerprint density at radius 1 is 1.59 bits per heavy atom. The van der Waals surface area contributed by atoms with E-state index in [9.17, 15) is 4.79 Å². The quantitative estimate of drug-likeness (QED) is 0.756. The molecular weight excluding hydrogens is 238 g/mol. The number of aryl methyl sites for hydroxylation is 1. The Kier molecular flexibility index (Phi) is 4.02. The van der Waals surface area contributed by atoms with E-state index in [4.69, 9.17) is 16.3 Å². The number of hydrogen-bond donors (Lipinski definition) is 0. The molecule has 1 fully saturated rings. The zero-order valence-corrected chi connectivity index (χ0v) is 10.6. The number of hydrogen-bond acceptors (Lipinski definition) is 2. The SMILES string of the molecule is Cc1cccc(C(=O)N2CCOCC2CCl)c1. The number of morpholine rings is 1. The maximum Gasteiger partial charge on any atom is 0.254 e. The minimum absolute atomic E-state index is 0.0153. The van der Waals surface area contributed by atoms with Gasteiger partial charge in [0.1, 0.15) is 0 Å². The van der Waals surface area contributed by atoms with Gasteiger partial charge in [-0.3, -0.25) is 4.79 Å². The molecule has 1 atom stereocenters. The zero-order chi connectivity index (χ0) is 12.3. The van der Waals surface area contributed by atoms with Crippen molar-refractivity contribution in [2.45, 2.75) is 13.0 Å². The van der Waals surface area contributed by atoms with Crippen molar-refractivity contribution in [3.63, 3.8) is 0 Å². The smallest absolute Gasteiger partial charge is 0.254 e. The molecule has 1 aromatic rings. The predicted octanol–water partition coefficient (Wildman–Crippen LogP) is 2.07. The summed E-state index contributed by atoms with van der Waals surface area (Å²) in [6, 6.07) is 7.62. The highest BCUT2D eigenvalue weighted by atomic mass is 35.5. The van der Waals surface area contributed by atoms with Gasteiger partial charge < -0.3 is 9.64 Å². The molecule has 0 aliphatic carbocycles. The van der Waals surface area contributed by atoms with E-state index in [1.807, 2.05) is 36.1 Å². The molecule has 1 unspecified atom stereocenters. The number of rotatable bonds is 2. The summed E-state index contributed by atoms with van der Waals surface area (Å²) < 4.78 is 5.33. The van der Waals surface area contributed by atoms with Crippen molar-refractivity contribution in [2.24, 2.45) is 0 Å².